The van der Waals surface area contributed by atoms with E-state index in [0.29, 0.717) is 18.0 Å². The lowest BCUT2D eigenvalue weighted by Gasteiger charge is -2.35. The van der Waals surface area contributed by atoms with E-state index in [4.69, 9.17) is 4.84 Å². The number of allylic oxidation sites excluding steroid dienone is 5. The summed E-state index contributed by atoms with van der Waals surface area (Å²) in [5.74, 6) is -1.46. The summed E-state index contributed by atoms with van der Waals surface area (Å²) in [5, 5.41) is 3.46. The molecule has 0 spiro atoms. The van der Waals surface area contributed by atoms with Gasteiger partial charge in [0, 0.05) is 51.2 Å². The molecular weight excluding hydrogens is 446 g/mol. The molecule has 7 nitrogen and oxygen atoms in total. The number of carbonyl (C=O) groups excluding carboxylic acids is 3. The molecule has 1 saturated heterocycles. The van der Waals surface area contributed by atoms with Gasteiger partial charge in [-0.15, -0.1) is 5.06 Å². The molecule has 2 heterocycles. The molecule has 0 saturated carbocycles. The monoisotopic (exact) mass is 478 g/mol. The van der Waals surface area contributed by atoms with E-state index in [1.807, 2.05) is 7.05 Å². The van der Waals surface area contributed by atoms with Crippen LogP contribution >= 0.6 is 0 Å². The molecule has 4 rings (SSSR count). The van der Waals surface area contributed by atoms with E-state index in [1.54, 1.807) is 0 Å². The Balaban J connectivity index is 1.47. The highest BCUT2D eigenvalue weighted by molar-refractivity contribution is 6.97. The van der Waals surface area contributed by atoms with Crippen LogP contribution in [-0.2, 0) is 19.2 Å². The Morgan fingerprint density at radius 2 is 1.82 bits per heavy atom. The number of nitrogens with zero attached hydrogens (tertiary/aromatic N) is 3. The first kappa shape index (κ1) is 23.9. The van der Waals surface area contributed by atoms with Gasteiger partial charge in [0.05, 0.1) is 6.42 Å². The summed E-state index contributed by atoms with van der Waals surface area (Å²) in [4.78, 5) is 42.4. The lowest BCUT2D eigenvalue weighted by molar-refractivity contribution is -0.496. The van der Waals surface area contributed by atoms with Crippen molar-refractivity contribution in [1.29, 1.82) is 0 Å². The number of hydroxylamine groups is 2. The molecular formula is C26H32N3O4Si+. The Hall–Kier alpha value is -3.26. The van der Waals surface area contributed by atoms with Crippen molar-refractivity contribution in [2.75, 3.05) is 32.6 Å². The van der Waals surface area contributed by atoms with E-state index in [2.05, 4.69) is 79.2 Å². The second-order valence-corrected chi connectivity index (χ2v) is 14.1. The number of fused-ring (bicyclic) bond motifs is 2. The molecule has 1 aromatic carbocycles. The molecule has 34 heavy (non-hydrogen) atoms. The predicted octanol–water partition coefficient (Wildman–Crippen LogP) is 2.57. The minimum Gasteiger partial charge on any atom is -0.378 e. The van der Waals surface area contributed by atoms with Crippen LogP contribution in [0.15, 0.2) is 47.2 Å². The quantitative estimate of drug-likeness (QED) is 0.357. The molecule has 1 aliphatic carbocycles. The molecule has 8 heteroatoms. The first-order chi connectivity index (χ1) is 16.1. The number of benzene rings is 1. The van der Waals surface area contributed by atoms with Crippen molar-refractivity contribution in [2.24, 2.45) is 0 Å². The van der Waals surface area contributed by atoms with Gasteiger partial charge < -0.3 is 9.74 Å². The smallest absolute Gasteiger partial charge is 0.333 e. The Morgan fingerprint density at radius 1 is 1.12 bits per heavy atom. The topological polar surface area (TPSA) is 69.9 Å². The van der Waals surface area contributed by atoms with Gasteiger partial charge >= 0.3 is 5.97 Å². The fourth-order valence-corrected chi connectivity index (χ4v) is 7.71. The molecule has 178 valence electrons. The van der Waals surface area contributed by atoms with Gasteiger partial charge in [0.25, 0.3) is 11.8 Å². The van der Waals surface area contributed by atoms with Crippen LogP contribution in [0.25, 0.3) is 6.08 Å². The van der Waals surface area contributed by atoms with Crippen molar-refractivity contribution in [3.05, 3.63) is 52.8 Å². The molecule has 0 bridgehead atoms. The van der Waals surface area contributed by atoms with Crippen molar-refractivity contribution in [1.82, 2.24) is 5.06 Å². The molecule has 2 amide bonds. The van der Waals surface area contributed by atoms with E-state index in [9.17, 15) is 14.4 Å². The fraction of sp³-hybridized carbons (Fsp3) is 0.385. The fourth-order valence-electron chi connectivity index (χ4n) is 4.65. The zero-order valence-electron chi connectivity index (χ0n) is 20.6. The van der Waals surface area contributed by atoms with E-state index in [-0.39, 0.29) is 19.3 Å². The van der Waals surface area contributed by atoms with Crippen LogP contribution in [-0.4, -0.2) is 68.9 Å². The van der Waals surface area contributed by atoms with Gasteiger partial charge in [-0.05, 0) is 45.8 Å². The summed E-state index contributed by atoms with van der Waals surface area (Å²) in [6.07, 6.45) is 9.80. The third-order valence-corrected chi connectivity index (χ3v) is 10.3. The van der Waals surface area contributed by atoms with E-state index in [0.717, 1.165) is 5.71 Å². The van der Waals surface area contributed by atoms with Crippen molar-refractivity contribution >= 4 is 48.5 Å². The van der Waals surface area contributed by atoms with Crippen LogP contribution < -0.4 is 10.1 Å². The van der Waals surface area contributed by atoms with Crippen LogP contribution in [0.1, 0.15) is 31.2 Å². The van der Waals surface area contributed by atoms with Crippen molar-refractivity contribution in [3.8, 4) is 0 Å². The maximum atomic E-state index is 12.1. The van der Waals surface area contributed by atoms with Gasteiger partial charge in [-0.1, -0.05) is 19.2 Å². The lowest BCUT2D eigenvalue weighted by Crippen LogP contribution is -2.48. The lowest BCUT2D eigenvalue weighted by atomic mass is 10.0. The molecule has 1 fully saturated rings. The minimum atomic E-state index is -1.90. The second kappa shape index (κ2) is 9.17. The largest absolute Gasteiger partial charge is 0.378 e. The standard InChI is InChI=1S/C26H32N3O4Si/c1-27(2)20-10-8-18-15-19-9-11-21(17-23(19)34(4,5)22(18)16-20)28(3)14-6-7-26(32)33-29-24(30)12-13-25(29)31/h8-11,15-17H,6-7,12-14H2,1-5H3/q+1. The summed E-state index contributed by atoms with van der Waals surface area (Å²) in [5.41, 5.74) is 4.92. The van der Waals surface area contributed by atoms with E-state index >= 15 is 0 Å². The highest BCUT2D eigenvalue weighted by Gasteiger charge is 2.37. The van der Waals surface area contributed by atoms with Gasteiger partial charge in [-0.25, -0.2) is 9.37 Å². The molecule has 2 aliphatic heterocycles. The second-order valence-electron chi connectivity index (χ2n) is 9.78. The number of hydrogen-bond acceptors (Lipinski definition) is 5. The molecule has 0 unspecified atom stereocenters. The summed E-state index contributed by atoms with van der Waals surface area (Å²) in [6, 6.07) is 6.73. The van der Waals surface area contributed by atoms with E-state index in [1.165, 1.54) is 27.2 Å². The summed E-state index contributed by atoms with van der Waals surface area (Å²) in [6.45, 7) is 5.46. The van der Waals surface area contributed by atoms with Gasteiger partial charge in [-0.2, -0.15) is 0 Å². The van der Waals surface area contributed by atoms with Gasteiger partial charge in [0.1, 0.15) is 21.7 Å². The maximum Gasteiger partial charge on any atom is 0.333 e. The highest BCUT2D eigenvalue weighted by Crippen LogP contribution is 2.34. The Labute approximate surface area is 201 Å². The van der Waals surface area contributed by atoms with Crippen molar-refractivity contribution in [2.45, 2.75) is 38.8 Å². The number of carbonyl (C=O) groups is 3. The number of rotatable bonds is 6. The van der Waals surface area contributed by atoms with Gasteiger partial charge in [-0.3, -0.25) is 9.59 Å². The first-order valence-corrected chi connectivity index (χ1v) is 14.7. The Morgan fingerprint density at radius 3 is 2.50 bits per heavy atom. The Bertz CT molecular complexity index is 1170. The minimum absolute atomic E-state index is 0.102. The van der Waals surface area contributed by atoms with Crippen molar-refractivity contribution in [3.63, 3.8) is 0 Å². The number of amides is 2. The van der Waals surface area contributed by atoms with Crippen LogP contribution in [0.3, 0.4) is 0 Å². The third-order valence-electron chi connectivity index (χ3n) is 6.76. The van der Waals surface area contributed by atoms with Gasteiger partial charge in [0.15, 0.2) is 5.71 Å². The zero-order valence-corrected chi connectivity index (χ0v) is 21.6. The molecule has 1 aromatic rings. The van der Waals surface area contributed by atoms with Crippen LogP contribution in [0, 0.1) is 0 Å². The average Bonchev–Trinajstić information content (AvgIpc) is 3.10. The maximum absolute atomic E-state index is 12.1. The average molecular weight is 479 g/mol. The normalized spacial score (nSPS) is 19.9. The first-order valence-electron chi connectivity index (χ1n) is 11.7. The van der Waals surface area contributed by atoms with E-state index < -0.39 is 25.9 Å². The summed E-state index contributed by atoms with van der Waals surface area (Å²) in [7, 11) is 4.26. The third kappa shape index (κ3) is 4.55. The van der Waals surface area contributed by atoms with Gasteiger partial charge in [0.2, 0.25) is 0 Å². The number of imide groups is 1. The molecule has 0 radical (unpaired) electrons. The molecule has 0 aromatic heterocycles. The summed E-state index contributed by atoms with van der Waals surface area (Å²) < 4.78 is 2.13. The van der Waals surface area contributed by atoms with Crippen LogP contribution in [0.2, 0.25) is 13.1 Å². The summed E-state index contributed by atoms with van der Waals surface area (Å²) >= 11 is 0. The predicted molar refractivity (Wildman–Crippen MR) is 136 cm³/mol. The molecule has 0 atom stereocenters. The molecule has 3 aliphatic rings. The SMILES string of the molecule is CN(C)c1ccc2c(c1)[Si](C)(C)C1=C/C(=[N+](\C)CCCC(=O)ON3C(=O)CCC3=O)C=CC1=C2. The van der Waals surface area contributed by atoms with Crippen LogP contribution in [0.5, 0.6) is 0 Å². The number of hydrogen-bond donors (Lipinski definition) is 0. The zero-order chi connectivity index (χ0) is 24.6. The van der Waals surface area contributed by atoms with Crippen LogP contribution in [0.4, 0.5) is 5.69 Å². The highest BCUT2D eigenvalue weighted by atomic mass is 28.3. The van der Waals surface area contributed by atoms with Crippen molar-refractivity contribution < 1.29 is 23.8 Å². The number of anilines is 1. The molecule has 0 N–H and O–H groups in total. The Kier molecular flexibility index (Phi) is 6.44.